The van der Waals surface area contributed by atoms with Crippen LogP contribution in [0, 0.1) is 6.92 Å². The third kappa shape index (κ3) is 3.39. The molecule has 30 heavy (non-hydrogen) atoms. The fraction of sp³-hybridized carbons (Fsp3) is 0.160. The van der Waals surface area contributed by atoms with Crippen molar-refractivity contribution in [2.75, 3.05) is 0 Å². The number of aromatic nitrogens is 5. The van der Waals surface area contributed by atoms with Crippen LogP contribution in [0.25, 0.3) is 33.3 Å². The fourth-order valence-electron chi connectivity index (χ4n) is 4.02. The second kappa shape index (κ2) is 7.95. The maximum Gasteiger partial charge on any atom is 0.105 e. The van der Waals surface area contributed by atoms with Gasteiger partial charge in [-0.05, 0) is 24.8 Å². The van der Waals surface area contributed by atoms with Crippen molar-refractivity contribution in [3.8, 4) is 22.5 Å². The van der Waals surface area contributed by atoms with Gasteiger partial charge in [0.15, 0.2) is 0 Å². The molecule has 0 saturated heterocycles. The van der Waals surface area contributed by atoms with Gasteiger partial charge in [-0.3, -0.25) is 4.98 Å². The largest absolute Gasteiger partial charge is 0.335 e. The summed E-state index contributed by atoms with van der Waals surface area (Å²) in [7, 11) is 0. The first-order valence-electron chi connectivity index (χ1n) is 10.2. The molecule has 0 aliphatic heterocycles. The van der Waals surface area contributed by atoms with Crippen LogP contribution in [-0.4, -0.2) is 24.1 Å². The third-order valence-corrected chi connectivity index (χ3v) is 5.54. The van der Waals surface area contributed by atoms with Gasteiger partial charge in [0.2, 0.25) is 0 Å². The maximum absolute atomic E-state index is 4.83. The predicted octanol–water partition coefficient (Wildman–Crippen LogP) is 5.36. The summed E-state index contributed by atoms with van der Waals surface area (Å²) in [6, 6.07) is 18.9. The summed E-state index contributed by atoms with van der Waals surface area (Å²) in [5.41, 5.74) is 4.48. The van der Waals surface area contributed by atoms with Crippen LogP contribution in [0.1, 0.15) is 12.2 Å². The van der Waals surface area contributed by atoms with Crippen LogP contribution in [-0.2, 0) is 13.1 Å². The number of rotatable bonds is 6. The number of pyridine rings is 1. The van der Waals surface area contributed by atoms with Crippen LogP contribution in [0.2, 0.25) is 0 Å². The number of nitrogens with zero attached hydrogens (tertiary/aromatic N) is 5. The molecular weight excluding hydrogens is 370 g/mol. The van der Waals surface area contributed by atoms with Gasteiger partial charge in [0, 0.05) is 54.4 Å². The molecule has 0 spiro atoms. The molecule has 148 valence electrons. The van der Waals surface area contributed by atoms with E-state index in [-0.39, 0.29) is 0 Å². The molecule has 0 atom stereocenters. The number of aryl methyl sites for hydroxylation is 3. The molecule has 0 fully saturated rings. The summed E-state index contributed by atoms with van der Waals surface area (Å²) in [6.45, 7) is 3.86. The summed E-state index contributed by atoms with van der Waals surface area (Å²) in [6.07, 6.45) is 10.6. The number of hydrogen-bond donors (Lipinski definition) is 0. The molecule has 0 radical (unpaired) electrons. The summed E-state index contributed by atoms with van der Waals surface area (Å²) in [4.78, 5) is 13.4. The molecule has 5 aromatic rings. The number of fused-ring (bicyclic) bond motifs is 1. The lowest BCUT2D eigenvalue weighted by molar-refractivity contribution is 0.557. The SMILES string of the molecule is Cc1nccn1CCCn1cnc(-c2ccccc2)c1-c1cccc2cnccc12. The zero-order chi connectivity index (χ0) is 20.3. The van der Waals surface area contributed by atoms with E-state index in [0.29, 0.717) is 0 Å². The van der Waals surface area contributed by atoms with Gasteiger partial charge in [0.1, 0.15) is 5.82 Å². The van der Waals surface area contributed by atoms with Gasteiger partial charge in [-0.2, -0.15) is 0 Å². The molecule has 5 heteroatoms. The Balaban J connectivity index is 1.58. The lowest BCUT2D eigenvalue weighted by Crippen LogP contribution is -2.05. The Morgan fingerprint density at radius 1 is 0.833 bits per heavy atom. The van der Waals surface area contributed by atoms with Gasteiger partial charge < -0.3 is 9.13 Å². The minimum atomic E-state index is 0.883. The van der Waals surface area contributed by atoms with Crippen molar-refractivity contribution in [1.82, 2.24) is 24.1 Å². The number of imidazole rings is 2. The molecule has 0 N–H and O–H groups in total. The molecular formula is C25H23N5. The first-order chi connectivity index (χ1) is 14.8. The predicted molar refractivity (Wildman–Crippen MR) is 120 cm³/mol. The first-order valence-corrected chi connectivity index (χ1v) is 10.2. The van der Waals surface area contributed by atoms with Crippen molar-refractivity contribution in [3.05, 3.63) is 91.5 Å². The molecule has 0 aliphatic rings. The Morgan fingerprint density at radius 3 is 2.53 bits per heavy atom. The Morgan fingerprint density at radius 2 is 1.70 bits per heavy atom. The molecule has 2 aromatic carbocycles. The van der Waals surface area contributed by atoms with Crippen molar-refractivity contribution in [3.63, 3.8) is 0 Å². The monoisotopic (exact) mass is 393 g/mol. The Hall–Kier alpha value is -3.73. The zero-order valence-electron chi connectivity index (χ0n) is 16.9. The molecule has 0 unspecified atom stereocenters. The van der Waals surface area contributed by atoms with Gasteiger partial charge in [0.25, 0.3) is 0 Å². The molecule has 5 nitrogen and oxygen atoms in total. The fourth-order valence-corrected chi connectivity index (χ4v) is 4.02. The lowest BCUT2D eigenvalue weighted by Gasteiger charge is -2.13. The van der Waals surface area contributed by atoms with E-state index < -0.39 is 0 Å². The molecule has 3 heterocycles. The summed E-state index contributed by atoms with van der Waals surface area (Å²) >= 11 is 0. The maximum atomic E-state index is 4.83. The minimum Gasteiger partial charge on any atom is -0.335 e. The second-order valence-corrected chi connectivity index (χ2v) is 7.42. The average Bonchev–Trinajstić information content (AvgIpc) is 3.40. The van der Waals surface area contributed by atoms with E-state index in [2.05, 4.69) is 67.6 Å². The van der Waals surface area contributed by atoms with E-state index >= 15 is 0 Å². The normalized spacial score (nSPS) is 11.2. The number of hydrogen-bond acceptors (Lipinski definition) is 3. The average molecular weight is 393 g/mol. The quantitative estimate of drug-likeness (QED) is 0.390. The topological polar surface area (TPSA) is 48.5 Å². The molecule has 0 bridgehead atoms. The molecule has 5 rings (SSSR count). The summed E-state index contributed by atoms with van der Waals surface area (Å²) in [5, 5.41) is 2.33. The highest BCUT2D eigenvalue weighted by atomic mass is 15.1. The van der Waals surface area contributed by atoms with Crippen molar-refractivity contribution >= 4 is 10.8 Å². The van der Waals surface area contributed by atoms with Crippen LogP contribution < -0.4 is 0 Å². The highest BCUT2D eigenvalue weighted by Crippen LogP contribution is 2.35. The molecule has 0 aliphatic carbocycles. The van der Waals surface area contributed by atoms with Crippen LogP contribution in [0.3, 0.4) is 0 Å². The summed E-state index contributed by atoms with van der Waals surface area (Å²) in [5.74, 6) is 1.05. The van der Waals surface area contributed by atoms with Gasteiger partial charge in [0.05, 0.1) is 17.7 Å². The Labute approximate surface area is 175 Å². The van der Waals surface area contributed by atoms with Gasteiger partial charge in [-0.15, -0.1) is 0 Å². The Bertz CT molecular complexity index is 1280. The van der Waals surface area contributed by atoms with Crippen molar-refractivity contribution in [1.29, 1.82) is 0 Å². The molecule has 3 aromatic heterocycles. The highest BCUT2D eigenvalue weighted by molar-refractivity contribution is 5.98. The van der Waals surface area contributed by atoms with Gasteiger partial charge >= 0.3 is 0 Å². The van der Waals surface area contributed by atoms with Gasteiger partial charge in [-0.25, -0.2) is 9.97 Å². The highest BCUT2D eigenvalue weighted by Gasteiger charge is 2.17. The zero-order valence-corrected chi connectivity index (χ0v) is 16.9. The van der Waals surface area contributed by atoms with Crippen molar-refractivity contribution in [2.24, 2.45) is 0 Å². The third-order valence-electron chi connectivity index (χ3n) is 5.54. The van der Waals surface area contributed by atoms with E-state index in [4.69, 9.17) is 4.98 Å². The van der Waals surface area contributed by atoms with Crippen molar-refractivity contribution in [2.45, 2.75) is 26.4 Å². The smallest absolute Gasteiger partial charge is 0.105 e. The van der Waals surface area contributed by atoms with E-state index in [9.17, 15) is 0 Å². The molecule has 0 saturated carbocycles. The van der Waals surface area contributed by atoms with Gasteiger partial charge in [-0.1, -0.05) is 48.5 Å². The minimum absolute atomic E-state index is 0.883. The van der Waals surface area contributed by atoms with E-state index in [1.807, 2.05) is 44.1 Å². The van der Waals surface area contributed by atoms with Crippen LogP contribution in [0.4, 0.5) is 0 Å². The Kier molecular flexibility index (Phi) is 4.85. The standard InChI is InChI=1S/C25H23N5/c1-19-27-13-16-29(19)14-6-15-30-18-28-24(20-7-3-2-4-8-20)25(30)23-10-5-9-21-17-26-12-11-22(21)23/h2-5,7-13,16-18H,6,14-15H2,1H3. The van der Waals surface area contributed by atoms with Crippen LogP contribution in [0.5, 0.6) is 0 Å². The molecule has 0 amide bonds. The lowest BCUT2D eigenvalue weighted by atomic mass is 9.99. The van der Waals surface area contributed by atoms with Crippen LogP contribution in [0.15, 0.2) is 85.7 Å². The van der Waals surface area contributed by atoms with E-state index in [0.717, 1.165) is 47.7 Å². The van der Waals surface area contributed by atoms with E-state index in [1.165, 1.54) is 10.9 Å². The second-order valence-electron chi connectivity index (χ2n) is 7.42. The van der Waals surface area contributed by atoms with Crippen LogP contribution >= 0.6 is 0 Å². The van der Waals surface area contributed by atoms with Crippen molar-refractivity contribution < 1.29 is 0 Å². The number of benzene rings is 2. The van der Waals surface area contributed by atoms with E-state index in [1.54, 1.807) is 0 Å². The summed E-state index contributed by atoms with van der Waals surface area (Å²) < 4.78 is 4.47. The first kappa shape index (κ1) is 18.3.